The van der Waals surface area contributed by atoms with Crippen molar-refractivity contribution in [2.45, 2.75) is 19.8 Å². The molecule has 3 nitrogen and oxygen atoms in total. The second-order valence-corrected chi connectivity index (χ2v) is 4.77. The van der Waals surface area contributed by atoms with Crippen molar-refractivity contribution in [3.05, 3.63) is 39.6 Å². The Bertz CT molecular complexity index is 603. The number of nitrogens with zero attached hydrogens (tertiary/aromatic N) is 2. The van der Waals surface area contributed by atoms with Gasteiger partial charge in [0.25, 0.3) is 0 Å². The van der Waals surface area contributed by atoms with Crippen LogP contribution in [0.4, 0.5) is 4.39 Å². The van der Waals surface area contributed by atoms with Gasteiger partial charge in [-0.1, -0.05) is 25.4 Å². The Morgan fingerprint density at radius 3 is 2.76 bits per heavy atom. The van der Waals surface area contributed by atoms with Gasteiger partial charge in [-0.15, -0.1) is 0 Å². The van der Waals surface area contributed by atoms with Crippen LogP contribution in [0.1, 0.15) is 25.6 Å². The van der Waals surface area contributed by atoms with E-state index < -0.39 is 0 Å². The first-order valence-electron chi connectivity index (χ1n) is 5.13. The lowest BCUT2D eigenvalue weighted by Gasteiger charge is -2.10. The van der Waals surface area contributed by atoms with Crippen LogP contribution in [-0.2, 0) is 0 Å². The fraction of sp³-hybridized carbons (Fsp3) is 0.273. The number of hydrogen-bond donors (Lipinski definition) is 1. The largest absolute Gasteiger partial charge is 0.270 e. The first-order valence-corrected chi connectivity index (χ1v) is 5.92. The first kappa shape index (κ1) is 12.3. The molecule has 0 amide bonds. The summed E-state index contributed by atoms with van der Waals surface area (Å²) >= 11 is 11.2. The molecule has 0 radical (unpaired) electrons. The van der Waals surface area contributed by atoms with Crippen LogP contribution in [-0.4, -0.2) is 14.8 Å². The van der Waals surface area contributed by atoms with E-state index in [-0.39, 0.29) is 11.7 Å². The van der Waals surface area contributed by atoms with E-state index >= 15 is 0 Å². The standard InChI is InChI=1S/C11H11ClFN3S/c1-6(2)10-14-15-11(17)16(10)9-4-3-7(13)5-8(9)12/h3-6H,1-2H3,(H,15,17). The van der Waals surface area contributed by atoms with Crippen LogP contribution in [0.2, 0.25) is 5.02 Å². The van der Waals surface area contributed by atoms with Crippen molar-refractivity contribution in [1.29, 1.82) is 0 Å². The van der Waals surface area contributed by atoms with Gasteiger partial charge in [0.15, 0.2) is 4.77 Å². The highest BCUT2D eigenvalue weighted by atomic mass is 35.5. The van der Waals surface area contributed by atoms with Crippen LogP contribution in [0.15, 0.2) is 18.2 Å². The lowest BCUT2D eigenvalue weighted by Crippen LogP contribution is -2.04. The van der Waals surface area contributed by atoms with Gasteiger partial charge in [-0.25, -0.2) is 4.39 Å². The van der Waals surface area contributed by atoms with E-state index in [1.54, 1.807) is 10.6 Å². The molecule has 90 valence electrons. The van der Waals surface area contributed by atoms with E-state index in [0.717, 1.165) is 5.82 Å². The Morgan fingerprint density at radius 2 is 2.18 bits per heavy atom. The number of aromatic nitrogens is 3. The third kappa shape index (κ3) is 2.25. The molecule has 6 heteroatoms. The van der Waals surface area contributed by atoms with Crippen molar-refractivity contribution >= 4 is 23.8 Å². The molecule has 0 saturated heterocycles. The Labute approximate surface area is 108 Å². The molecule has 1 aromatic heterocycles. The average Bonchev–Trinajstić information content (AvgIpc) is 2.60. The van der Waals surface area contributed by atoms with Crippen LogP contribution in [0.25, 0.3) is 5.69 Å². The number of H-pyrrole nitrogens is 1. The second kappa shape index (κ2) is 4.58. The maximum absolute atomic E-state index is 13.0. The predicted molar refractivity (Wildman–Crippen MR) is 67.8 cm³/mol. The zero-order valence-corrected chi connectivity index (χ0v) is 10.9. The molecule has 0 aliphatic rings. The van der Waals surface area contributed by atoms with Gasteiger partial charge >= 0.3 is 0 Å². The van der Waals surface area contributed by atoms with Crippen molar-refractivity contribution in [1.82, 2.24) is 14.8 Å². The summed E-state index contributed by atoms with van der Waals surface area (Å²) in [6, 6.07) is 4.20. The minimum Gasteiger partial charge on any atom is -0.270 e. The number of aromatic amines is 1. The Hall–Kier alpha value is -1.20. The zero-order chi connectivity index (χ0) is 12.6. The van der Waals surface area contributed by atoms with E-state index in [4.69, 9.17) is 23.8 Å². The monoisotopic (exact) mass is 271 g/mol. The molecule has 0 aliphatic heterocycles. The molecule has 0 saturated carbocycles. The smallest absolute Gasteiger partial charge is 0.199 e. The Balaban J connectivity index is 2.68. The Morgan fingerprint density at radius 1 is 1.47 bits per heavy atom. The summed E-state index contributed by atoms with van der Waals surface area (Å²) in [5, 5.41) is 7.18. The number of hydrogen-bond acceptors (Lipinski definition) is 2. The molecule has 0 atom stereocenters. The van der Waals surface area contributed by atoms with Crippen molar-refractivity contribution in [3.8, 4) is 5.69 Å². The second-order valence-electron chi connectivity index (χ2n) is 3.97. The van der Waals surface area contributed by atoms with Crippen molar-refractivity contribution in [3.63, 3.8) is 0 Å². The van der Waals surface area contributed by atoms with Crippen LogP contribution in [0, 0.1) is 10.6 Å². The molecule has 0 fully saturated rings. The predicted octanol–water partition coefficient (Wildman–Crippen LogP) is 3.85. The van der Waals surface area contributed by atoms with Crippen LogP contribution < -0.4 is 0 Å². The lowest BCUT2D eigenvalue weighted by atomic mass is 10.2. The summed E-state index contributed by atoms with van der Waals surface area (Å²) in [4.78, 5) is 0. The number of benzene rings is 1. The average molecular weight is 272 g/mol. The van der Waals surface area contributed by atoms with E-state index in [9.17, 15) is 4.39 Å². The van der Waals surface area contributed by atoms with E-state index in [2.05, 4.69) is 10.2 Å². The summed E-state index contributed by atoms with van der Waals surface area (Å²) in [5.74, 6) is 0.576. The van der Waals surface area contributed by atoms with Gasteiger partial charge in [0, 0.05) is 5.92 Å². The lowest BCUT2D eigenvalue weighted by molar-refractivity contribution is 0.627. The highest BCUT2D eigenvalue weighted by molar-refractivity contribution is 7.71. The molecule has 0 spiro atoms. The van der Waals surface area contributed by atoms with Gasteiger partial charge < -0.3 is 0 Å². The molecular formula is C11H11ClFN3S. The summed E-state index contributed by atoms with van der Waals surface area (Å²) in [5.41, 5.74) is 0.635. The summed E-state index contributed by atoms with van der Waals surface area (Å²) < 4.78 is 15.2. The summed E-state index contributed by atoms with van der Waals surface area (Å²) in [6.45, 7) is 4.00. The minimum absolute atomic E-state index is 0.184. The van der Waals surface area contributed by atoms with E-state index in [1.165, 1.54) is 12.1 Å². The summed E-state index contributed by atoms with van der Waals surface area (Å²) in [7, 11) is 0. The maximum Gasteiger partial charge on any atom is 0.199 e. The van der Waals surface area contributed by atoms with Crippen molar-refractivity contribution in [2.24, 2.45) is 0 Å². The normalized spacial score (nSPS) is 11.1. The zero-order valence-electron chi connectivity index (χ0n) is 9.37. The van der Waals surface area contributed by atoms with Crippen LogP contribution >= 0.6 is 23.8 Å². The fourth-order valence-corrected chi connectivity index (χ4v) is 2.08. The quantitative estimate of drug-likeness (QED) is 0.842. The van der Waals surface area contributed by atoms with E-state index in [0.29, 0.717) is 15.5 Å². The van der Waals surface area contributed by atoms with Crippen LogP contribution in [0.3, 0.4) is 0 Å². The summed E-state index contributed by atoms with van der Waals surface area (Å²) in [6.07, 6.45) is 0. The first-order chi connectivity index (χ1) is 8.00. The number of nitrogens with one attached hydrogen (secondary N) is 1. The van der Waals surface area contributed by atoms with E-state index in [1.807, 2.05) is 13.8 Å². The van der Waals surface area contributed by atoms with Gasteiger partial charge in [0.05, 0.1) is 10.7 Å². The minimum atomic E-state index is -0.375. The molecule has 2 rings (SSSR count). The molecule has 2 aromatic rings. The molecule has 1 aromatic carbocycles. The number of rotatable bonds is 2. The Kier molecular flexibility index (Phi) is 3.31. The molecule has 0 bridgehead atoms. The molecular weight excluding hydrogens is 261 g/mol. The highest BCUT2D eigenvalue weighted by Crippen LogP contribution is 2.25. The van der Waals surface area contributed by atoms with Gasteiger partial charge in [0.2, 0.25) is 0 Å². The number of halogens is 2. The molecule has 17 heavy (non-hydrogen) atoms. The van der Waals surface area contributed by atoms with Crippen LogP contribution in [0.5, 0.6) is 0 Å². The van der Waals surface area contributed by atoms with Crippen molar-refractivity contribution < 1.29 is 4.39 Å². The highest BCUT2D eigenvalue weighted by Gasteiger charge is 2.14. The molecule has 0 aliphatic carbocycles. The van der Waals surface area contributed by atoms with Crippen molar-refractivity contribution in [2.75, 3.05) is 0 Å². The topological polar surface area (TPSA) is 33.6 Å². The maximum atomic E-state index is 13.0. The third-order valence-corrected chi connectivity index (χ3v) is 2.94. The molecule has 0 unspecified atom stereocenters. The molecule has 1 N–H and O–H groups in total. The van der Waals surface area contributed by atoms with Gasteiger partial charge in [-0.2, -0.15) is 5.10 Å². The fourth-order valence-electron chi connectivity index (χ4n) is 1.59. The van der Waals surface area contributed by atoms with Gasteiger partial charge in [0.1, 0.15) is 11.6 Å². The third-order valence-electron chi connectivity index (χ3n) is 2.37. The van der Waals surface area contributed by atoms with Gasteiger partial charge in [-0.05, 0) is 30.4 Å². The molecule has 1 heterocycles. The SMILES string of the molecule is CC(C)c1n[nH]c(=S)n1-c1ccc(F)cc1Cl. The van der Waals surface area contributed by atoms with Gasteiger partial charge in [-0.3, -0.25) is 9.67 Å².